The first-order valence-corrected chi connectivity index (χ1v) is 6.95. The second kappa shape index (κ2) is 4.70. The van der Waals surface area contributed by atoms with Gasteiger partial charge in [-0.3, -0.25) is 8.98 Å². The van der Waals surface area contributed by atoms with E-state index in [1.165, 1.54) is 6.07 Å². The van der Waals surface area contributed by atoms with Gasteiger partial charge in [0.2, 0.25) is 0 Å². The van der Waals surface area contributed by atoms with Crippen molar-refractivity contribution in [2.24, 2.45) is 0 Å². The number of rotatable bonds is 3. The summed E-state index contributed by atoms with van der Waals surface area (Å²) in [5.41, 5.74) is 1.39. The molecule has 1 aromatic rings. The summed E-state index contributed by atoms with van der Waals surface area (Å²) in [7, 11) is -2.68. The molecular weight excluding hydrogens is 256 g/mol. The van der Waals surface area contributed by atoms with E-state index in [9.17, 15) is 13.2 Å². The lowest BCUT2D eigenvalue weighted by molar-refractivity contribution is -0.141. The molecule has 0 saturated carbocycles. The lowest BCUT2D eigenvalue weighted by Crippen LogP contribution is -2.10. The number of carbonyl (C=O) groups is 1. The Labute approximate surface area is 106 Å². The van der Waals surface area contributed by atoms with Crippen LogP contribution < -0.4 is 0 Å². The number of carbonyl (C=O) groups excluding carboxylic acids is 1. The maximum Gasteiger partial charge on any atom is 0.306 e. The second-order valence-electron chi connectivity index (χ2n) is 4.18. The quantitative estimate of drug-likeness (QED) is 0.617. The molecule has 1 heterocycles. The van der Waals surface area contributed by atoms with Crippen molar-refractivity contribution in [3.8, 4) is 0 Å². The maximum atomic E-state index is 11.8. The van der Waals surface area contributed by atoms with Gasteiger partial charge < -0.3 is 4.74 Å². The minimum Gasteiger partial charge on any atom is -0.457 e. The summed E-state index contributed by atoms with van der Waals surface area (Å²) in [4.78, 5) is 11.2. The second-order valence-corrected chi connectivity index (χ2v) is 5.86. The maximum absolute atomic E-state index is 11.8. The third-order valence-corrected chi connectivity index (χ3v) is 4.23. The molecule has 0 aromatic heterocycles. The summed E-state index contributed by atoms with van der Waals surface area (Å²) in [6.45, 7) is 1.85. The van der Waals surface area contributed by atoms with Crippen LogP contribution in [0.4, 0.5) is 0 Å². The fraction of sp³-hybridized carbons (Fsp3) is 0.417. The first-order valence-electron chi connectivity index (χ1n) is 5.54. The topological polar surface area (TPSA) is 69.7 Å². The number of benzene rings is 1. The Hall–Kier alpha value is -1.40. The van der Waals surface area contributed by atoms with Crippen LogP contribution in [0.3, 0.4) is 0 Å². The molecule has 0 unspecified atom stereocenters. The van der Waals surface area contributed by atoms with Gasteiger partial charge in [-0.25, -0.2) is 0 Å². The predicted molar refractivity (Wildman–Crippen MR) is 63.4 cm³/mol. The van der Waals surface area contributed by atoms with Crippen LogP contribution in [0.2, 0.25) is 0 Å². The van der Waals surface area contributed by atoms with E-state index in [-0.39, 0.29) is 10.9 Å². The van der Waals surface area contributed by atoms with E-state index in [1.807, 2.05) is 6.92 Å². The highest BCUT2D eigenvalue weighted by Gasteiger charge is 2.30. The van der Waals surface area contributed by atoms with Gasteiger partial charge in [0.05, 0.1) is 7.11 Å². The first-order chi connectivity index (χ1) is 8.44. The predicted octanol–water partition coefficient (Wildman–Crippen LogP) is 1.71. The Kier molecular flexibility index (Phi) is 3.41. The molecule has 0 spiro atoms. The van der Waals surface area contributed by atoms with E-state index < -0.39 is 16.2 Å². The summed E-state index contributed by atoms with van der Waals surface area (Å²) in [5.74, 6) is -0.303. The van der Waals surface area contributed by atoms with Crippen LogP contribution in [0.15, 0.2) is 23.1 Å². The number of hydrogen-bond acceptors (Lipinski definition) is 5. The van der Waals surface area contributed by atoms with Crippen LogP contribution in [0.5, 0.6) is 0 Å². The van der Waals surface area contributed by atoms with E-state index in [1.54, 1.807) is 12.1 Å². The summed E-state index contributed by atoms with van der Waals surface area (Å²) in [6, 6.07) is 4.89. The van der Waals surface area contributed by atoms with E-state index in [4.69, 9.17) is 4.74 Å². The average Bonchev–Trinajstić information content (AvgIpc) is 2.75. The number of ether oxygens (including phenoxy) is 1. The van der Waals surface area contributed by atoms with Crippen molar-refractivity contribution in [3.63, 3.8) is 0 Å². The van der Waals surface area contributed by atoms with Crippen LogP contribution in [-0.4, -0.2) is 21.5 Å². The summed E-state index contributed by atoms with van der Waals surface area (Å²) < 4.78 is 33.3. The molecule has 1 aliphatic heterocycles. The third-order valence-electron chi connectivity index (χ3n) is 2.89. The summed E-state index contributed by atoms with van der Waals surface area (Å²) in [6.07, 6.45) is 0.303. The van der Waals surface area contributed by atoms with Crippen molar-refractivity contribution in [1.29, 1.82) is 0 Å². The van der Waals surface area contributed by atoms with Crippen molar-refractivity contribution >= 4 is 16.1 Å². The molecular formula is C12H14O5S. The van der Waals surface area contributed by atoms with E-state index in [0.29, 0.717) is 18.4 Å². The van der Waals surface area contributed by atoms with Crippen LogP contribution in [0.25, 0.3) is 0 Å². The monoisotopic (exact) mass is 270 g/mol. The summed E-state index contributed by atoms with van der Waals surface area (Å²) in [5, 5.41) is 0. The highest BCUT2D eigenvalue weighted by molar-refractivity contribution is 7.86. The Morgan fingerprint density at radius 3 is 2.67 bits per heavy atom. The molecule has 1 saturated heterocycles. The van der Waals surface area contributed by atoms with Gasteiger partial charge in [0.15, 0.2) is 0 Å². The number of cyclic esters (lactones) is 1. The minimum atomic E-state index is -3.79. The molecule has 0 radical (unpaired) electrons. The fourth-order valence-electron chi connectivity index (χ4n) is 1.98. The van der Waals surface area contributed by atoms with E-state index in [0.717, 1.165) is 12.7 Å². The summed E-state index contributed by atoms with van der Waals surface area (Å²) >= 11 is 0. The van der Waals surface area contributed by atoms with Gasteiger partial charge in [-0.1, -0.05) is 17.7 Å². The van der Waals surface area contributed by atoms with Gasteiger partial charge in [0.1, 0.15) is 11.0 Å². The first kappa shape index (κ1) is 13.0. The number of hydrogen-bond donors (Lipinski definition) is 0. The van der Waals surface area contributed by atoms with Crippen LogP contribution in [-0.2, 0) is 23.8 Å². The molecule has 1 atom stereocenters. The van der Waals surface area contributed by atoms with Crippen molar-refractivity contribution in [3.05, 3.63) is 29.3 Å². The smallest absolute Gasteiger partial charge is 0.306 e. The molecule has 2 rings (SSSR count). The molecule has 98 valence electrons. The van der Waals surface area contributed by atoms with Gasteiger partial charge in [0.25, 0.3) is 10.1 Å². The van der Waals surface area contributed by atoms with Crippen molar-refractivity contribution in [2.75, 3.05) is 7.11 Å². The van der Waals surface area contributed by atoms with Gasteiger partial charge >= 0.3 is 5.97 Å². The average molecular weight is 270 g/mol. The van der Waals surface area contributed by atoms with Crippen LogP contribution in [0, 0.1) is 6.92 Å². The third kappa shape index (κ3) is 2.39. The molecule has 5 nitrogen and oxygen atoms in total. The highest BCUT2D eigenvalue weighted by atomic mass is 32.2. The molecule has 6 heteroatoms. The Morgan fingerprint density at radius 1 is 1.39 bits per heavy atom. The minimum absolute atomic E-state index is 0.0651. The molecule has 1 fully saturated rings. The number of esters is 1. The molecule has 0 amide bonds. The Balaban J connectivity index is 2.51. The molecule has 18 heavy (non-hydrogen) atoms. The lowest BCUT2D eigenvalue weighted by Gasteiger charge is -2.15. The van der Waals surface area contributed by atoms with Crippen LogP contribution in [0.1, 0.15) is 30.1 Å². The van der Waals surface area contributed by atoms with Crippen LogP contribution >= 0.6 is 0 Å². The fourth-order valence-corrected chi connectivity index (χ4v) is 2.87. The Morgan fingerprint density at radius 2 is 2.11 bits per heavy atom. The standard InChI is InChI=1S/C12H14O5S/c1-8-3-5-11(18(14,15)16-2)9(7-8)10-4-6-12(13)17-10/h3,5,7,10H,4,6H2,1-2H3/t10-/m0/s1. The molecule has 1 aromatic carbocycles. The zero-order valence-corrected chi connectivity index (χ0v) is 11.0. The van der Waals surface area contributed by atoms with Gasteiger partial charge in [-0.2, -0.15) is 8.42 Å². The molecule has 0 aliphatic carbocycles. The normalized spacial score (nSPS) is 19.9. The molecule has 1 aliphatic rings. The molecule has 0 N–H and O–H groups in total. The zero-order chi connectivity index (χ0) is 13.3. The molecule has 0 bridgehead atoms. The van der Waals surface area contributed by atoms with Gasteiger partial charge in [0, 0.05) is 12.0 Å². The van der Waals surface area contributed by atoms with Gasteiger partial charge in [-0.05, 0) is 19.4 Å². The van der Waals surface area contributed by atoms with Gasteiger partial charge in [-0.15, -0.1) is 0 Å². The largest absolute Gasteiger partial charge is 0.457 e. The SMILES string of the molecule is COS(=O)(=O)c1ccc(C)cc1[C@@H]1CCC(=O)O1. The van der Waals surface area contributed by atoms with Crippen molar-refractivity contribution in [1.82, 2.24) is 0 Å². The zero-order valence-electron chi connectivity index (χ0n) is 10.2. The van der Waals surface area contributed by atoms with Crippen molar-refractivity contribution in [2.45, 2.75) is 30.8 Å². The van der Waals surface area contributed by atoms with E-state index in [2.05, 4.69) is 4.18 Å². The van der Waals surface area contributed by atoms with E-state index >= 15 is 0 Å². The Bertz CT molecular complexity index is 576. The number of aryl methyl sites for hydroxylation is 1. The lowest BCUT2D eigenvalue weighted by atomic mass is 10.0. The van der Waals surface area contributed by atoms with Crippen molar-refractivity contribution < 1.29 is 22.1 Å². The highest BCUT2D eigenvalue weighted by Crippen LogP contribution is 2.34.